The number of benzene rings is 1. The summed E-state index contributed by atoms with van der Waals surface area (Å²) in [6.45, 7) is 13.4. The molecule has 1 aromatic carbocycles. The molecule has 3 heterocycles. The molecule has 5 atom stereocenters. The first-order valence-electron chi connectivity index (χ1n) is 17.3. The van der Waals surface area contributed by atoms with Crippen molar-refractivity contribution in [2.24, 2.45) is 11.3 Å². The Morgan fingerprint density at radius 3 is 2.35 bits per heavy atom. The minimum absolute atomic E-state index is 0.0448. The smallest absolute Gasteiger partial charge is 0.580 e. The molecule has 1 aromatic heterocycles. The maximum absolute atomic E-state index is 14.5. The Balaban J connectivity index is 1.33. The minimum Gasteiger partial charge on any atom is -0.580 e. The van der Waals surface area contributed by atoms with Crippen molar-refractivity contribution in [2.75, 3.05) is 6.54 Å². The molecule has 19 heteroatoms. The monoisotopic (exact) mass is 777 g/mol. The summed E-state index contributed by atoms with van der Waals surface area (Å²) < 4.78 is 76.0. The van der Waals surface area contributed by atoms with Gasteiger partial charge in [0.1, 0.15) is 29.3 Å². The Morgan fingerprint density at radius 2 is 1.78 bits per heavy atom. The Morgan fingerprint density at radius 1 is 1.13 bits per heavy atom. The number of carbonyl (C=O) groups is 4. The molecule has 16 nitrogen and oxygen atoms in total. The van der Waals surface area contributed by atoms with Crippen molar-refractivity contribution >= 4 is 44.6 Å². The maximum atomic E-state index is 14.5. The highest BCUT2D eigenvalue weighted by atomic mass is 32.2. The van der Waals surface area contributed by atoms with Crippen molar-refractivity contribution in [1.82, 2.24) is 24.9 Å². The van der Waals surface area contributed by atoms with Crippen molar-refractivity contribution in [3.63, 3.8) is 0 Å². The molecular formula is C35H43F2N6O10S-. The molecule has 2 aliphatic heterocycles. The van der Waals surface area contributed by atoms with E-state index in [4.69, 9.17) is 15.3 Å². The molecule has 4 aliphatic rings. The van der Waals surface area contributed by atoms with Gasteiger partial charge in [0.15, 0.2) is 11.5 Å². The molecule has 3 N–H and O–H groups in total. The molecule has 0 unspecified atom stereocenters. The van der Waals surface area contributed by atoms with Crippen LogP contribution in [-0.4, -0.2) is 94.5 Å². The van der Waals surface area contributed by atoms with Gasteiger partial charge in [-0.25, -0.2) is 18.2 Å². The van der Waals surface area contributed by atoms with Gasteiger partial charge in [0, 0.05) is 23.9 Å². The van der Waals surface area contributed by atoms with Crippen molar-refractivity contribution in [3.05, 3.63) is 42.9 Å². The summed E-state index contributed by atoms with van der Waals surface area (Å²) in [4.78, 5) is 60.8. The lowest BCUT2D eigenvalue weighted by Gasteiger charge is -2.41. The fraction of sp³-hybridized carbons (Fsp3) is 0.571. The van der Waals surface area contributed by atoms with Crippen LogP contribution in [0.25, 0.3) is 16.6 Å². The molecule has 0 spiro atoms. The van der Waals surface area contributed by atoms with Gasteiger partial charge in [0.2, 0.25) is 27.7 Å². The molecule has 6 rings (SSSR count). The number of aromatic nitrogens is 1. The van der Waals surface area contributed by atoms with Gasteiger partial charge in [0.05, 0.1) is 11.8 Å². The number of rotatable bonds is 10. The van der Waals surface area contributed by atoms with E-state index in [0.29, 0.717) is 23.2 Å². The Labute approximate surface area is 310 Å². The van der Waals surface area contributed by atoms with Gasteiger partial charge in [0.25, 0.3) is 5.91 Å². The third kappa shape index (κ3) is 7.60. The van der Waals surface area contributed by atoms with Gasteiger partial charge in [-0.05, 0) is 69.0 Å². The van der Waals surface area contributed by atoms with Crippen molar-refractivity contribution < 1.29 is 55.3 Å². The van der Waals surface area contributed by atoms with Crippen LogP contribution in [0.4, 0.5) is 13.6 Å². The van der Waals surface area contributed by atoms with E-state index >= 15 is 0 Å². The molecule has 2 aliphatic carbocycles. The summed E-state index contributed by atoms with van der Waals surface area (Å²) in [5.74, 6) is 4.91. The number of hydrogen-bond acceptors (Lipinski definition) is 11. The van der Waals surface area contributed by atoms with Gasteiger partial charge in [-0.1, -0.05) is 26.8 Å². The Hall–Kier alpha value is -4.78. The van der Waals surface area contributed by atoms with Crippen LogP contribution in [0, 0.1) is 11.3 Å². The van der Waals surface area contributed by atoms with E-state index in [1.807, 2.05) is 4.72 Å². The number of carbonyl (C=O) groups excluding carboxylic acids is 4. The molecule has 294 valence electrons. The van der Waals surface area contributed by atoms with E-state index in [0.717, 1.165) is 4.90 Å². The Bertz CT molecular complexity index is 2010. The summed E-state index contributed by atoms with van der Waals surface area (Å²) in [7, 11) is -4.04. The lowest BCUT2D eigenvalue weighted by molar-refractivity contribution is -0.286. The summed E-state index contributed by atoms with van der Waals surface area (Å²) >= 11 is 0. The topological polar surface area (TPSA) is 207 Å². The fourth-order valence-electron chi connectivity index (χ4n) is 6.64. The second-order valence-electron chi connectivity index (χ2n) is 16.1. The quantitative estimate of drug-likeness (QED) is 0.258. The van der Waals surface area contributed by atoms with Crippen molar-refractivity contribution in [2.45, 2.75) is 108 Å². The lowest BCUT2D eigenvalue weighted by atomic mass is 9.85. The highest BCUT2D eigenvalue weighted by Gasteiger charge is 2.63. The average Bonchev–Trinajstić information content (AvgIpc) is 3.96. The van der Waals surface area contributed by atoms with E-state index in [1.54, 1.807) is 41.5 Å². The number of amides is 4. The van der Waals surface area contributed by atoms with E-state index in [1.165, 1.54) is 30.5 Å². The minimum atomic E-state index is -4.04. The first-order chi connectivity index (χ1) is 25.0. The molecule has 0 bridgehead atoms. The number of nitrogens with zero attached hydrogens (tertiary/aromatic N) is 3. The first-order valence-corrected chi connectivity index (χ1v) is 18.9. The van der Waals surface area contributed by atoms with Crippen LogP contribution in [0.15, 0.2) is 37.1 Å². The molecule has 0 radical (unpaired) electrons. The van der Waals surface area contributed by atoms with Crippen LogP contribution in [0.5, 0.6) is 17.4 Å². The maximum Gasteiger partial charge on any atom is 0.586 e. The third-order valence-electron chi connectivity index (χ3n) is 9.61. The zero-order valence-electron chi connectivity index (χ0n) is 30.6. The number of hydrogen-bond donors (Lipinski definition) is 2. The van der Waals surface area contributed by atoms with E-state index in [-0.39, 0.29) is 42.2 Å². The fourth-order valence-corrected chi connectivity index (χ4v) is 8.00. The molecule has 54 heavy (non-hydrogen) atoms. The second kappa shape index (κ2) is 13.2. The number of ether oxygens (including phenoxy) is 4. The van der Waals surface area contributed by atoms with Gasteiger partial charge in [-0.15, -0.1) is 15.4 Å². The third-order valence-corrected chi connectivity index (χ3v) is 11.4. The summed E-state index contributed by atoms with van der Waals surface area (Å²) in [6.07, 6.45) is -2.61. The number of fused-ring (bicyclic) bond motifs is 2. The molecule has 1 saturated heterocycles. The van der Waals surface area contributed by atoms with Crippen LogP contribution < -0.4 is 24.2 Å². The van der Waals surface area contributed by atoms with E-state index < -0.39 is 86.0 Å². The van der Waals surface area contributed by atoms with Gasteiger partial charge < -0.3 is 40.0 Å². The van der Waals surface area contributed by atoms with Gasteiger partial charge >= 0.3 is 12.4 Å². The molecule has 2 aromatic rings. The predicted octanol–water partition coefficient (Wildman–Crippen LogP) is 4.19. The summed E-state index contributed by atoms with van der Waals surface area (Å²) in [6, 6.07) is 1.41. The van der Waals surface area contributed by atoms with Gasteiger partial charge in [-0.2, -0.15) is 0 Å². The largest absolute Gasteiger partial charge is 0.586 e. The number of pyridine rings is 1. The highest BCUT2D eigenvalue weighted by molar-refractivity contribution is 7.91. The normalized spacial score (nSPS) is 25.1. The number of alkyl halides is 2. The van der Waals surface area contributed by atoms with Gasteiger partial charge in [-0.3, -0.25) is 19.1 Å². The number of nitrogens with one attached hydrogen (secondary N) is 3. The lowest BCUT2D eigenvalue weighted by Crippen LogP contribution is -2.60. The number of alkyl carbamates (subject to hydrolysis) is 1. The summed E-state index contributed by atoms with van der Waals surface area (Å²) in [5, 5.41) is 2.93. The average molecular weight is 778 g/mol. The number of likely N-dealkylation sites (tertiary alicyclic amines) is 1. The van der Waals surface area contributed by atoms with Crippen LogP contribution in [-0.2, 0) is 29.1 Å². The SMILES string of the molecule is C=C[C@@H]1C[C@@]1(C(=O)NS(=O)(=O)C1CC1)N([NH-])C(=O)[C@@H]1C[C@@H](Oc2nccc3cc4c(cc23)OC(F)(F)O4)CN1C(=O)[C@@H](NC(=O)OC(C)(C)C)C(C)(C)C. The highest BCUT2D eigenvalue weighted by Crippen LogP contribution is 2.51. The van der Waals surface area contributed by atoms with Crippen LogP contribution in [0.2, 0.25) is 0 Å². The van der Waals surface area contributed by atoms with Crippen LogP contribution in [0.3, 0.4) is 0 Å². The molecule has 2 saturated carbocycles. The molecule has 4 amide bonds. The van der Waals surface area contributed by atoms with E-state index in [2.05, 4.69) is 26.4 Å². The first kappa shape index (κ1) is 38.9. The van der Waals surface area contributed by atoms with Crippen molar-refractivity contribution in [1.29, 1.82) is 0 Å². The van der Waals surface area contributed by atoms with Crippen LogP contribution >= 0.6 is 0 Å². The number of halogens is 2. The van der Waals surface area contributed by atoms with Crippen LogP contribution in [0.1, 0.15) is 67.2 Å². The zero-order valence-corrected chi connectivity index (χ0v) is 31.4. The Kier molecular flexibility index (Phi) is 9.52. The standard InChI is InChI=1S/C35H43F2N6O10S/c1-8-19-16-34(19,30(46)41-54(48,49)21-9-10-21)43(38)28(44)23-14-20(17-42(23)29(45)26(32(2,3)4)40-31(47)53-33(5,6)7)50-27-22-15-25-24(51-35(36,37)52-25)13-18(22)11-12-39-27/h8,11-13,15,19-21,23,26,38H,1,9-10,14,16-17H2,2-7H3,(H,40,47)(H,41,46)/q-1/t19-,20-,23+,26-,34-/m1/s1. The summed E-state index contributed by atoms with van der Waals surface area (Å²) in [5.41, 5.74) is -3.77. The zero-order chi connectivity index (χ0) is 39.8. The predicted molar refractivity (Wildman–Crippen MR) is 187 cm³/mol. The molecule has 3 fully saturated rings. The molecular weight excluding hydrogens is 734 g/mol. The second-order valence-corrected chi connectivity index (χ2v) is 18.0. The van der Waals surface area contributed by atoms with Crippen molar-refractivity contribution in [3.8, 4) is 17.4 Å². The van der Waals surface area contributed by atoms with E-state index in [9.17, 15) is 36.4 Å². The number of sulfonamides is 1.